The molecule has 1 unspecified atom stereocenters. The minimum absolute atomic E-state index is 0.472. The summed E-state index contributed by atoms with van der Waals surface area (Å²) >= 11 is 0. The number of rotatable bonds is 3. The van der Waals surface area contributed by atoms with Crippen molar-refractivity contribution in [1.29, 1.82) is 0 Å². The molecule has 0 bridgehead atoms. The van der Waals surface area contributed by atoms with E-state index in [2.05, 4.69) is 86.6 Å². The molecule has 0 aliphatic carbocycles. The molecule has 0 spiro atoms. The van der Waals surface area contributed by atoms with E-state index in [-0.39, 0.29) is 0 Å². The normalized spacial score (nSPS) is 23.0. The summed E-state index contributed by atoms with van der Waals surface area (Å²) in [7, 11) is 0. The molecule has 1 aliphatic heterocycles. The summed E-state index contributed by atoms with van der Waals surface area (Å²) in [5.41, 5.74) is 9.48. The number of allylic oxidation sites excluding steroid dienone is 5. The minimum atomic E-state index is 0.472. The predicted octanol–water partition coefficient (Wildman–Crippen LogP) is 4.42. The van der Waals surface area contributed by atoms with Crippen LogP contribution < -0.4 is 5.73 Å². The Labute approximate surface area is 135 Å². The molecule has 2 nitrogen and oxygen atoms in total. The first kappa shape index (κ1) is 18.0. The summed E-state index contributed by atoms with van der Waals surface area (Å²) in [6.07, 6.45) is 11.0. The average molecular weight is 296 g/mol. The van der Waals surface area contributed by atoms with Crippen molar-refractivity contribution in [2.24, 2.45) is 11.7 Å². The largest absolute Gasteiger partial charge is 0.367 e. The zero-order valence-corrected chi connectivity index (χ0v) is 13.8. The van der Waals surface area contributed by atoms with Crippen LogP contribution >= 0.6 is 0 Å². The van der Waals surface area contributed by atoms with Gasteiger partial charge >= 0.3 is 0 Å². The average Bonchev–Trinajstić information content (AvgIpc) is 2.62. The fraction of sp³-hybridized carbons (Fsp3) is 0.300. The maximum absolute atomic E-state index is 5.64. The van der Waals surface area contributed by atoms with Gasteiger partial charge < -0.3 is 10.6 Å². The van der Waals surface area contributed by atoms with E-state index in [1.807, 2.05) is 0 Å². The van der Waals surface area contributed by atoms with Gasteiger partial charge in [0.1, 0.15) is 0 Å². The highest BCUT2D eigenvalue weighted by atomic mass is 15.1. The van der Waals surface area contributed by atoms with Gasteiger partial charge in [-0.25, -0.2) is 0 Å². The van der Waals surface area contributed by atoms with E-state index >= 15 is 0 Å². The van der Waals surface area contributed by atoms with Crippen LogP contribution in [-0.2, 0) is 13.1 Å². The molecule has 1 aliphatic rings. The summed E-state index contributed by atoms with van der Waals surface area (Å²) in [5.74, 6) is 0.472. The Hall–Kier alpha value is -2.06. The third-order valence-electron chi connectivity index (χ3n) is 3.62. The van der Waals surface area contributed by atoms with E-state index in [1.165, 1.54) is 16.8 Å². The predicted molar refractivity (Wildman–Crippen MR) is 97.2 cm³/mol. The first-order valence-corrected chi connectivity index (χ1v) is 7.73. The molecular weight excluding hydrogens is 268 g/mol. The molecule has 118 valence electrons. The SMILES string of the molecule is C/C1=C/C(C)/C=C\C=C/CN1Cc1ccc(CN)cc1.C=C. The number of hydrogen-bond donors (Lipinski definition) is 1. The van der Waals surface area contributed by atoms with E-state index in [0.717, 1.165) is 13.1 Å². The maximum atomic E-state index is 5.64. The van der Waals surface area contributed by atoms with Crippen molar-refractivity contribution in [3.05, 3.63) is 84.6 Å². The van der Waals surface area contributed by atoms with Gasteiger partial charge in [0.2, 0.25) is 0 Å². The lowest BCUT2D eigenvalue weighted by Crippen LogP contribution is -2.21. The second kappa shape index (κ2) is 9.80. The molecule has 0 saturated carbocycles. The van der Waals surface area contributed by atoms with Crippen LogP contribution in [0.5, 0.6) is 0 Å². The Bertz CT molecular complexity index is 523. The topological polar surface area (TPSA) is 29.3 Å². The lowest BCUT2D eigenvalue weighted by atomic mass is 10.1. The summed E-state index contributed by atoms with van der Waals surface area (Å²) in [6, 6.07) is 8.58. The first-order valence-electron chi connectivity index (χ1n) is 7.73. The monoisotopic (exact) mass is 296 g/mol. The zero-order chi connectivity index (χ0) is 16.4. The fourth-order valence-corrected chi connectivity index (χ4v) is 2.38. The van der Waals surface area contributed by atoms with E-state index in [9.17, 15) is 0 Å². The van der Waals surface area contributed by atoms with Gasteiger partial charge in [0.15, 0.2) is 0 Å². The molecule has 1 aromatic rings. The molecule has 1 aromatic carbocycles. The van der Waals surface area contributed by atoms with E-state index in [0.29, 0.717) is 12.5 Å². The molecular formula is C20H28N2. The Kier molecular flexibility index (Phi) is 8.01. The van der Waals surface area contributed by atoms with E-state index in [4.69, 9.17) is 5.73 Å². The molecule has 1 heterocycles. The van der Waals surface area contributed by atoms with Crippen LogP contribution in [0.1, 0.15) is 25.0 Å². The van der Waals surface area contributed by atoms with Gasteiger partial charge in [-0.05, 0) is 24.0 Å². The molecule has 22 heavy (non-hydrogen) atoms. The molecule has 0 saturated heterocycles. The number of nitrogens with zero attached hydrogens (tertiary/aromatic N) is 1. The van der Waals surface area contributed by atoms with E-state index in [1.54, 1.807) is 0 Å². The molecule has 0 amide bonds. The van der Waals surface area contributed by atoms with Crippen molar-refractivity contribution >= 4 is 0 Å². The summed E-state index contributed by atoms with van der Waals surface area (Å²) in [4.78, 5) is 2.40. The van der Waals surface area contributed by atoms with Gasteiger partial charge in [-0.15, -0.1) is 13.2 Å². The smallest absolute Gasteiger partial charge is 0.0429 e. The molecule has 2 heteroatoms. The van der Waals surface area contributed by atoms with Gasteiger partial charge in [0, 0.05) is 25.3 Å². The van der Waals surface area contributed by atoms with Crippen molar-refractivity contribution in [2.75, 3.05) is 6.54 Å². The van der Waals surface area contributed by atoms with Crippen LogP contribution in [0.4, 0.5) is 0 Å². The van der Waals surface area contributed by atoms with Crippen LogP contribution in [0, 0.1) is 5.92 Å². The second-order valence-electron chi connectivity index (χ2n) is 5.38. The highest BCUT2D eigenvalue weighted by Crippen LogP contribution is 2.15. The summed E-state index contributed by atoms with van der Waals surface area (Å²) in [6.45, 7) is 12.9. The van der Waals surface area contributed by atoms with Crippen molar-refractivity contribution < 1.29 is 0 Å². The Morgan fingerprint density at radius 3 is 2.41 bits per heavy atom. The molecule has 2 rings (SSSR count). The van der Waals surface area contributed by atoms with E-state index < -0.39 is 0 Å². The van der Waals surface area contributed by atoms with Gasteiger partial charge in [-0.3, -0.25) is 0 Å². The Morgan fingerprint density at radius 2 is 1.77 bits per heavy atom. The van der Waals surface area contributed by atoms with Gasteiger partial charge in [0.25, 0.3) is 0 Å². The summed E-state index contributed by atoms with van der Waals surface area (Å²) in [5, 5.41) is 0. The van der Waals surface area contributed by atoms with Crippen LogP contribution in [0.2, 0.25) is 0 Å². The lowest BCUT2D eigenvalue weighted by molar-refractivity contribution is 0.371. The van der Waals surface area contributed by atoms with Gasteiger partial charge in [-0.2, -0.15) is 0 Å². The molecule has 0 fully saturated rings. The van der Waals surface area contributed by atoms with Crippen molar-refractivity contribution in [2.45, 2.75) is 26.9 Å². The molecule has 1 atom stereocenters. The Morgan fingerprint density at radius 1 is 1.14 bits per heavy atom. The third kappa shape index (κ3) is 5.74. The van der Waals surface area contributed by atoms with Crippen molar-refractivity contribution in [3.63, 3.8) is 0 Å². The highest BCUT2D eigenvalue weighted by Gasteiger charge is 2.07. The van der Waals surface area contributed by atoms with Crippen molar-refractivity contribution in [3.8, 4) is 0 Å². The van der Waals surface area contributed by atoms with Gasteiger partial charge in [0.05, 0.1) is 0 Å². The molecule has 2 N–H and O–H groups in total. The standard InChI is InChI=1S/C18H24N2.C2H4/c1-15-6-4-3-5-11-20(16(2)12-15)14-18-9-7-17(13-19)8-10-18;1-2/h3-10,12,15H,11,13-14,19H2,1-2H3;1-2H2/b5-3-,6-4-,16-12-;. The lowest BCUT2D eigenvalue weighted by Gasteiger charge is -2.25. The van der Waals surface area contributed by atoms with Gasteiger partial charge in [-0.1, -0.05) is 61.6 Å². The first-order chi connectivity index (χ1) is 10.7. The zero-order valence-electron chi connectivity index (χ0n) is 13.8. The quantitative estimate of drug-likeness (QED) is 0.837. The highest BCUT2D eigenvalue weighted by molar-refractivity contribution is 5.23. The van der Waals surface area contributed by atoms with Crippen LogP contribution in [0.3, 0.4) is 0 Å². The maximum Gasteiger partial charge on any atom is 0.0429 e. The fourth-order valence-electron chi connectivity index (χ4n) is 2.38. The number of nitrogens with two attached hydrogens (primary N) is 1. The van der Waals surface area contributed by atoms with Crippen LogP contribution in [-0.4, -0.2) is 11.4 Å². The molecule has 0 radical (unpaired) electrons. The number of hydrogen-bond acceptors (Lipinski definition) is 2. The summed E-state index contributed by atoms with van der Waals surface area (Å²) < 4.78 is 0. The second-order valence-corrected chi connectivity index (χ2v) is 5.38. The Balaban J connectivity index is 0.00000116. The van der Waals surface area contributed by atoms with Crippen LogP contribution in [0.25, 0.3) is 0 Å². The molecule has 0 aromatic heterocycles. The van der Waals surface area contributed by atoms with Crippen molar-refractivity contribution in [1.82, 2.24) is 4.90 Å². The third-order valence-corrected chi connectivity index (χ3v) is 3.62. The minimum Gasteiger partial charge on any atom is -0.367 e. The van der Waals surface area contributed by atoms with Crippen LogP contribution in [0.15, 0.2) is 73.5 Å². The number of benzene rings is 1.